The molecule has 0 atom stereocenters. The van der Waals surface area contributed by atoms with Gasteiger partial charge in [-0.15, -0.1) is 0 Å². The molecule has 0 aliphatic carbocycles. The number of anilines is 2. The summed E-state index contributed by atoms with van der Waals surface area (Å²) in [6.07, 6.45) is 0. The van der Waals surface area contributed by atoms with Gasteiger partial charge in [-0.2, -0.15) is 0 Å². The van der Waals surface area contributed by atoms with Crippen molar-refractivity contribution in [2.45, 2.75) is 0 Å². The lowest BCUT2D eigenvalue weighted by molar-refractivity contribution is 0.0600. The van der Waals surface area contributed by atoms with Gasteiger partial charge in [-0.05, 0) is 49.5 Å². The van der Waals surface area contributed by atoms with Crippen molar-refractivity contribution in [3.8, 4) is 0 Å². The first-order chi connectivity index (χ1) is 14.0. The first-order valence-corrected chi connectivity index (χ1v) is 10.2. The fraction of sp³-hybridized carbons (Fsp3) is 0.286. The number of thiazole rings is 1. The second kappa shape index (κ2) is 8.18. The van der Waals surface area contributed by atoms with Crippen molar-refractivity contribution in [2.75, 3.05) is 50.6 Å². The zero-order valence-electron chi connectivity index (χ0n) is 16.3. The summed E-state index contributed by atoms with van der Waals surface area (Å²) in [6, 6.07) is 12.1. The molecule has 8 heteroatoms. The molecule has 29 heavy (non-hydrogen) atoms. The zero-order valence-corrected chi connectivity index (χ0v) is 17.2. The molecule has 7 nitrogen and oxygen atoms in total. The Morgan fingerprint density at radius 3 is 2.41 bits per heavy atom. The van der Waals surface area contributed by atoms with E-state index in [0.717, 1.165) is 41.5 Å². The minimum Gasteiger partial charge on any atom is -0.465 e. The van der Waals surface area contributed by atoms with Crippen molar-refractivity contribution in [1.29, 1.82) is 0 Å². The number of methoxy groups -OCH3 is 1. The monoisotopic (exact) mass is 410 g/mol. The lowest BCUT2D eigenvalue weighted by atomic mass is 10.1. The number of amides is 1. The van der Waals surface area contributed by atoms with Gasteiger partial charge in [0, 0.05) is 37.4 Å². The van der Waals surface area contributed by atoms with Gasteiger partial charge in [-0.1, -0.05) is 11.3 Å². The third-order valence-corrected chi connectivity index (χ3v) is 6.06. The lowest BCUT2D eigenvalue weighted by Crippen LogP contribution is -2.44. The third kappa shape index (κ3) is 4.23. The number of piperazine rings is 1. The largest absolute Gasteiger partial charge is 0.465 e. The Hall–Kier alpha value is -2.97. The van der Waals surface area contributed by atoms with Gasteiger partial charge in [0.25, 0.3) is 5.91 Å². The zero-order chi connectivity index (χ0) is 20.4. The lowest BCUT2D eigenvalue weighted by Gasteiger charge is -2.31. The second-order valence-corrected chi connectivity index (χ2v) is 8.00. The molecule has 1 saturated heterocycles. The number of benzene rings is 2. The number of ether oxygens (including phenoxy) is 1. The van der Waals surface area contributed by atoms with E-state index < -0.39 is 5.97 Å². The number of aromatic nitrogens is 1. The number of carbonyl (C=O) groups excluding carboxylic acids is 2. The van der Waals surface area contributed by atoms with Crippen LogP contribution in [-0.4, -0.2) is 62.1 Å². The summed E-state index contributed by atoms with van der Waals surface area (Å²) in [5.74, 6) is -0.659. The Morgan fingerprint density at radius 1 is 1.03 bits per heavy atom. The number of nitrogens with zero attached hydrogens (tertiary/aromatic N) is 3. The molecule has 1 N–H and O–H groups in total. The minimum absolute atomic E-state index is 0.232. The molecule has 1 aliphatic rings. The third-order valence-electron chi connectivity index (χ3n) is 4.98. The van der Waals surface area contributed by atoms with Crippen LogP contribution in [0.1, 0.15) is 20.7 Å². The first kappa shape index (κ1) is 19.4. The number of likely N-dealkylation sites (N-methyl/N-ethyl adjacent to an activating group) is 1. The average Bonchev–Trinajstić information content (AvgIpc) is 3.17. The predicted octanol–water partition coefficient (Wildman–Crippen LogP) is 3.09. The quantitative estimate of drug-likeness (QED) is 0.667. The molecule has 0 unspecified atom stereocenters. The Balaban J connectivity index is 1.48. The average molecular weight is 410 g/mol. The molecule has 3 aromatic rings. The second-order valence-electron chi connectivity index (χ2n) is 6.99. The summed E-state index contributed by atoms with van der Waals surface area (Å²) in [5.41, 5.74) is 2.53. The molecular formula is C21H22N4O3S. The van der Waals surface area contributed by atoms with Crippen LogP contribution in [0.3, 0.4) is 0 Å². The van der Waals surface area contributed by atoms with E-state index in [1.807, 2.05) is 18.2 Å². The van der Waals surface area contributed by atoms with Crippen molar-refractivity contribution in [3.05, 3.63) is 53.6 Å². The van der Waals surface area contributed by atoms with Gasteiger partial charge >= 0.3 is 5.97 Å². The minimum atomic E-state index is -0.427. The topological polar surface area (TPSA) is 74.8 Å². The smallest absolute Gasteiger partial charge is 0.337 e. The number of hydrogen-bond donors (Lipinski definition) is 1. The van der Waals surface area contributed by atoms with Crippen LogP contribution in [0.25, 0.3) is 10.2 Å². The molecule has 1 fully saturated rings. The summed E-state index contributed by atoms with van der Waals surface area (Å²) >= 11 is 1.64. The van der Waals surface area contributed by atoms with Crippen molar-refractivity contribution in [2.24, 2.45) is 0 Å². The SMILES string of the molecule is COC(=O)c1ccc(C(=O)Nc2ccc3nc(N4CCN(C)CC4)sc3c2)cc1. The molecule has 1 aromatic heterocycles. The fourth-order valence-corrected chi connectivity index (χ4v) is 4.26. The van der Waals surface area contributed by atoms with E-state index in [-0.39, 0.29) is 5.91 Å². The van der Waals surface area contributed by atoms with Gasteiger partial charge in [-0.3, -0.25) is 4.79 Å². The van der Waals surface area contributed by atoms with Gasteiger partial charge in [0.1, 0.15) is 0 Å². The van der Waals surface area contributed by atoms with E-state index >= 15 is 0 Å². The van der Waals surface area contributed by atoms with Gasteiger partial charge in [-0.25, -0.2) is 9.78 Å². The normalized spacial score (nSPS) is 14.8. The van der Waals surface area contributed by atoms with Crippen LogP contribution in [0.4, 0.5) is 10.8 Å². The van der Waals surface area contributed by atoms with Crippen LogP contribution in [0.5, 0.6) is 0 Å². The molecule has 0 bridgehead atoms. The van der Waals surface area contributed by atoms with Crippen LogP contribution in [0, 0.1) is 0 Å². The predicted molar refractivity (Wildman–Crippen MR) is 115 cm³/mol. The molecule has 4 rings (SSSR count). The molecule has 0 spiro atoms. The standard InChI is InChI=1S/C21H22N4O3S/c1-24-9-11-25(12-10-24)21-23-17-8-7-16(13-18(17)29-21)22-19(26)14-3-5-15(6-4-14)20(27)28-2/h3-8,13H,9-12H2,1-2H3,(H,22,26). The van der Waals surface area contributed by atoms with E-state index in [1.54, 1.807) is 35.6 Å². The number of rotatable bonds is 4. The Labute approximate surface area is 172 Å². The molecule has 1 amide bonds. The Morgan fingerprint density at radius 2 is 1.72 bits per heavy atom. The van der Waals surface area contributed by atoms with E-state index in [1.165, 1.54) is 7.11 Å². The van der Waals surface area contributed by atoms with E-state index in [2.05, 4.69) is 26.9 Å². The number of esters is 1. The molecule has 150 valence electrons. The fourth-order valence-electron chi connectivity index (χ4n) is 3.20. The number of nitrogens with one attached hydrogen (secondary N) is 1. The summed E-state index contributed by atoms with van der Waals surface area (Å²) in [6.45, 7) is 4.01. The van der Waals surface area contributed by atoms with Gasteiger partial charge in [0.05, 0.1) is 22.9 Å². The van der Waals surface area contributed by atoms with E-state index in [0.29, 0.717) is 16.8 Å². The van der Waals surface area contributed by atoms with Crippen molar-refractivity contribution in [1.82, 2.24) is 9.88 Å². The molecule has 2 heterocycles. The van der Waals surface area contributed by atoms with Crippen molar-refractivity contribution >= 4 is 44.2 Å². The summed E-state index contributed by atoms with van der Waals surface area (Å²) in [7, 11) is 3.46. The van der Waals surface area contributed by atoms with Crippen molar-refractivity contribution in [3.63, 3.8) is 0 Å². The summed E-state index contributed by atoms with van der Waals surface area (Å²) in [5, 5.41) is 3.93. The van der Waals surface area contributed by atoms with E-state index in [4.69, 9.17) is 4.98 Å². The van der Waals surface area contributed by atoms with Gasteiger partial charge < -0.3 is 19.9 Å². The highest BCUT2D eigenvalue weighted by Gasteiger charge is 2.18. The molecule has 1 aliphatic heterocycles. The van der Waals surface area contributed by atoms with Crippen LogP contribution in [0.15, 0.2) is 42.5 Å². The molecular weight excluding hydrogens is 388 g/mol. The maximum Gasteiger partial charge on any atom is 0.337 e. The van der Waals surface area contributed by atoms with Crippen molar-refractivity contribution < 1.29 is 14.3 Å². The van der Waals surface area contributed by atoms with Crippen LogP contribution in [-0.2, 0) is 4.74 Å². The van der Waals surface area contributed by atoms with Crippen LogP contribution < -0.4 is 10.2 Å². The highest BCUT2D eigenvalue weighted by Crippen LogP contribution is 2.31. The highest BCUT2D eigenvalue weighted by atomic mass is 32.1. The maximum absolute atomic E-state index is 12.5. The van der Waals surface area contributed by atoms with E-state index in [9.17, 15) is 9.59 Å². The maximum atomic E-state index is 12.5. The Bertz CT molecular complexity index is 1040. The number of fused-ring (bicyclic) bond motifs is 1. The Kier molecular flexibility index (Phi) is 5.46. The molecule has 2 aromatic carbocycles. The number of hydrogen-bond acceptors (Lipinski definition) is 7. The van der Waals surface area contributed by atoms with Crippen LogP contribution in [0.2, 0.25) is 0 Å². The first-order valence-electron chi connectivity index (χ1n) is 9.37. The molecule has 0 radical (unpaired) electrons. The molecule has 0 saturated carbocycles. The summed E-state index contributed by atoms with van der Waals surface area (Å²) < 4.78 is 5.71. The summed E-state index contributed by atoms with van der Waals surface area (Å²) in [4.78, 5) is 33.4. The van der Waals surface area contributed by atoms with Gasteiger partial charge in [0.2, 0.25) is 0 Å². The number of carbonyl (C=O) groups is 2. The van der Waals surface area contributed by atoms with Crippen LogP contribution >= 0.6 is 11.3 Å². The highest BCUT2D eigenvalue weighted by molar-refractivity contribution is 7.22. The van der Waals surface area contributed by atoms with Gasteiger partial charge in [0.15, 0.2) is 5.13 Å².